The molecule has 1 saturated heterocycles. The van der Waals surface area contributed by atoms with Gasteiger partial charge in [0.05, 0.1) is 6.61 Å². The minimum absolute atomic E-state index is 0.00144. The summed E-state index contributed by atoms with van der Waals surface area (Å²) in [4.78, 5) is 15.5. The first-order chi connectivity index (χ1) is 13.1. The van der Waals surface area contributed by atoms with Gasteiger partial charge >= 0.3 is 0 Å². The van der Waals surface area contributed by atoms with Gasteiger partial charge in [-0.15, -0.1) is 0 Å². The molecule has 144 valence electrons. The van der Waals surface area contributed by atoms with E-state index >= 15 is 0 Å². The molecule has 1 amide bonds. The van der Waals surface area contributed by atoms with E-state index in [1.165, 1.54) is 16.7 Å². The van der Waals surface area contributed by atoms with Crippen LogP contribution in [0.2, 0.25) is 5.02 Å². The van der Waals surface area contributed by atoms with Crippen molar-refractivity contribution in [2.24, 2.45) is 5.73 Å². The Labute approximate surface area is 165 Å². The van der Waals surface area contributed by atoms with Crippen molar-refractivity contribution < 1.29 is 9.53 Å². The van der Waals surface area contributed by atoms with Crippen LogP contribution >= 0.6 is 11.6 Å². The molecule has 0 atom stereocenters. The van der Waals surface area contributed by atoms with Gasteiger partial charge in [0.15, 0.2) is 0 Å². The van der Waals surface area contributed by atoms with Gasteiger partial charge in [-0.05, 0) is 28.8 Å². The average Bonchev–Trinajstić information content (AvgIpc) is 2.68. The van der Waals surface area contributed by atoms with Crippen molar-refractivity contribution in [2.45, 2.75) is 6.54 Å². The molecule has 0 spiro atoms. The Bertz CT molecular complexity index is 743. The summed E-state index contributed by atoms with van der Waals surface area (Å²) in [5.74, 6) is -0.417. The molecule has 0 aliphatic carbocycles. The molecular weight excluding hydrogens is 362 g/mol. The van der Waals surface area contributed by atoms with E-state index < -0.39 is 5.91 Å². The number of carbonyl (C=O) groups excluding carboxylic acids is 1. The van der Waals surface area contributed by atoms with Crippen molar-refractivity contribution in [3.63, 3.8) is 0 Å². The number of nitrogens with zero attached hydrogens (tertiary/aromatic N) is 2. The zero-order chi connectivity index (χ0) is 19.1. The first kappa shape index (κ1) is 19.8. The number of piperazine rings is 1. The molecule has 27 heavy (non-hydrogen) atoms. The zero-order valence-electron chi connectivity index (χ0n) is 15.4. The molecule has 6 heteroatoms. The van der Waals surface area contributed by atoms with Crippen molar-refractivity contribution in [2.75, 3.05) is 45.9 Å². The lowest BCUT2D eigenvalue weighted by atomic mass is 9.99. The molecule has 2 N–H and O–H groups in total. The first-order valence-electron chi connectivity index (χ1n) is 9.26. The monoisotopic (exact) mass is 387 g/mol. The number of benzene rings is 2. The Morgan fingerprint density at radius 2 is 1.67 bits per heavy atom. The summed E-state index contributed by atoms with van der Waals surface area (Å²) in [5, 5.41) is 0.757. The fourth-order valence-corrected chi connectivity index (χ4v) is 3.47. The molecule has 1 fully saturated rings. The maximum absolute atomic E-state index is 10.7. The van der Waals surface area contributed by atoms with E-state index in [-0.39, 0.29) is 6.61 Å². The van der Waals surface area contributed by atoms with Crippen molar-refractivity contribution in [3.8, 4) is 11.1 Å². The molecule has 0 aromatic heterocycles. The Hall–Kier alpha value is -1.92. The lowest BCUT2D eigenvalue weighted by molar-refractivity contribution is -0.122. The molecule has 1 aliphatic rings. The van der Waals surface area contributed by atoms with Crippen molar-refractivity contribution in [1.29, 1.82) is 0 Å². The molecular formula is C21H26ClN3O2. The van der Waals surface area contributed by atoms with Gasteiger partial charge in [-0.3, -0.25) is 14.6 Å². The number of halogens is 1. The van der Waals surface area contributed by atoms with Crippen LogP contribution in [-0.4, -0.2) is 61.6 Å². The smallest absolute Gasteiger partial charge is 0.243 e. The second-order valence-corrected chi connectivity index (χ2v) is 7.24. The van der Waals surface area contributed by atoms with Gasteiger partial charge in [-0.2, -0.15) is 0 Å². The van der Waals surface area contributed by atoms with Gasteiger partial charge in [0.1, 0.15) is 6.61 Å². The maximum atomic E-state index is 10.7. The fraction of sp³-hybridized carbons (Fsp3) is 0.381. The van der Waals surface area contributed by atoms with Crippen LogP contribution in [0.25, 0.3) is 11.1 Å². The fourth-order valence-electron chi connectivity index (χ4n) is 3.35. The first-order valence-corrected chi connectivity index (χ1v) is 9.64. The summed E-state index contributed by atoms with van der Waals surface area (Å²) in [6.45, 7) is 6.36. The molecule has 1 aliphatic heterocycles. The number of hydrogen-bond donors (Lipinski definition) is 1. The van der Waals surface area contributed by atoms with Crippen molar-refractivity contribution in [3.05, 3.63) is 59.1 Å². The van der Waals surface area contributed by atoms with Gasteiger partial charge in [-0.25, -0.2) is 0 Å². The van der Waals surface area contributed by atoms with Crippen molar-refractivity contribution >= 4 is 17.5 Å². The number of rotatable bonds is 8. The van der Waals surface area contributed by atoms with Crippen LogP contribution in [0.5, 0.6) is 0 Å². The van der Waals surface area contributed by atoms with Crippen molar-refractivity contribution in [1.82, 2.24) is 9.80 Å². The molecule has 1 heterocycles. The van der Waals surface area contributed by atoms with E-state index in [4.69, 9.17) is 22.1 Å². The summed E-state index contributed by atoms with van der Waals surface area (Å²) >= 11 is 6.02. The molecule has 0 unspecified atom stereocenters. The van der Waals surface area contributed by atoms with E-state index in [1.54, 1.807) is 0 Å². The summed E-state index contributed by atoms with van der Waals surface area (Å²) in [6.07, 6.45) is 0. The Morgan fingerprint density at radius 1 is 1.00 bits per heavy atom. The van der Waals surface area contributed by atoms with Crippen LogP contribution in [-0.2, 0) is 16.1 Å². The average molecular weight is 388 g/mol. The third kappa shape index (κ3) is 6.04. The molecule has 0 bridgehead atoms. The molecule has 0 radical (unpaired) electrons. The SMILES string of the molecule is NC(=O)COCCN1CCN(Cc2ccccc2-c2ccc(Cl)cc2)CC1. The van der Waals surface area contributed by atoms with Crippen LogP contribution in [0.15, 0.2) is 48.5 Å². The topological polar surface area (TPSA) is 58.8 Å². The lowest BCUT2D eigenvalue weighted by Crippen LogP contribution is -2.46. The Balaban J connectivity index is 1.52. The summed E-state index contributed by atoms with van der Waals surface area (Å²) in [5.41, 5.74) is 8.86. The zero-order valence-corrected chi connectivity index (χ0v) is 16.2. The van der Waals surface area contributed by atoms with Crippen LogP contribution in [0.3, 0.4) is 0 Å². The second-order valence-electron chi connectivity index (χ2n) is 6.80. The number of hydrogen-bond acceptors (Lipinski definition) is 4. The number of primary amides is 1. The molecule has 0 saturated carbocycles. The van der Waals surface area contributed by atoms with Crippen LogP contribution in [0.4, 0.5) is 0 Å². The summed E-state index contributed by atoms with van der Waals surface area (Å²) in [6, 6.07) is 16.6. The number of nitrogens with two attached hydrogens (primary N) is 1. The number of ether oxygens (including phenoxy) is 1. The third-order valence-electron chi connectivity index (χ3n) is 4.83. The highest BCUT2D eigenvalue weighted by atomic mass is 35.5. The second kappa shape index (κ2) is 9.85. The normalized spacial score (nSPS) is 15.7. The minimum atomic E-state index is -0.417. The van der Waals surface area contributed by atoms with Crippen LogP contribution < -0.4 is 5.73 Å². The lowest BCUT2D eigenvalue weighted by Gasteiger charge is -2.35. The molecule has 3 rings (SSSR count). The highest BCUT2D eigenvalue weighted by Gasteiger charge is 2.18. The standard InChI is InChI=1S/C21H26ClN3O2/c22-19-7-5-17(6-8-19)20-4-2-1-3-18(20)15-25-11-9-24(10-12-25)13-14-27-16-21(23)26/h1-8H,9-16H2,(H2,23,26). The Kier molecular flexibility index (Phi) is 7.24. The number of amides is 1. The maximum Gasteiger partial charge on any atom is 0.243 e. The quantitative estimate of drug-likeness (QED) is 0.707. The van der Waals surface area contributed by atoms with Gasteiger partial charge in [0, 0.05) is 44.3 Å². The summed E-state index contributed by atoms with van der Waals surface area (Å²) in [7, 11) is 0. The van der Waals surface area contributed by atoms with Gasteiger partial charge < -0.3 is 10.5 Å². The molecule has 2 aromatic carbocycles. The summed E-state index contributed by atoms with van der Waals surface area (Å²) < 4.78 is 5.25. The predicted molar refractivity (Wildman–Crippen MR) is 109 cm³/mol. The highest BCUT2D eigenvalue weighted by Crippen LogP contribution is 2.26. The van der Waals surface area contributed by atoms with Crippen LogP contribution in [0, 0.1) is 0 Å². The van der Waals surface area contributed by atoms with E-state index in [1.807, 2.05) is 12.1 Å². The van der Waals surface area contributed by atoms with Gasteiger partial charge in [0.2, 0.25) is 5.91 Å². The van der Waals surface area contributed by atoms with Crippen LogP contribution in [0.1, 0.15) is 5.56 Å². The van der Waals surface area contributed by atoms with E-state index in [0.29, 0.717) is 6.61 Å². The largest absolute Gasteiger partial charge is 0.370 e. The van der Waals surface area contributed by atoms with Gasteiger partial charge in [0.25, 0.3) is 0 Å². The molecule has 5 nitrogen and oxygen atoms in total. The van der Waals surface area contributed by atoms with E-state index in [9.17, 15) is 4.79 Å². The number of carbonyl (C=O) groups is 1. The minimum Gasteiger partial charge on any atom is -0.370 e. The third-order valence-corrected chi connectivity index (χ3v) is 5.08. The highest BCUT2D eigenvalue weighted by molar-refractivity contribution is 6.30. The predicted octanol–water partition coefficient (Wildman–Crippen LogP) is 2.63. The van der Waals surface area contributed by atoms with E-state index in [0.717, 1.165) is 44.3 Å². The molecule has 2 aromatic rings. The Morgan fingerprint density at radius 3 is 2.37 bits per heavy atom. The van der Waals surface area contributed by atoms with E-state index in [2.05, 4.69) is 46.2 Å². The van der Waals surface area contributed by atoms with Gasteiger partial charge in [-0.1, -0.05) is 48.0 Å².